The normalized spacial score (nSPS) is 20.7. The first-order valence-electron chi connectivity index (χ1n) is 6.85. The van der Waals surface area contributed by atoms with E-state index in [0.717, 1.165) is 30.7 Å². The van der Waals surface area contributed by atoms with Crippen LogP contribution in [0, 0.1) is 11.8 Å². The van der Waals surface area contributed by atoms with Gasteiger partial charge < -0.3 is 10.6 Å². The second-order valence-corrected chi connectivity index (χ2v) is 6.40. The number of pyridine rings is 1. The zero-order valence-corrected chi connectivity index (χ0v) is 13.0. The van der Waals surface area contributed by atoms with E-state index in [1.54, 1.807) is 6.07 Å². The summed E-state index contributed by atoms with van der Waals surface area (Å²) >= 11 is 12.2. The van der Waals surface area contributed by atoms with E-state index in [4.69, 9.17) is 28.9 Å². The number of anilines is 2. The van der Waals surface area contributed by atoms with Crippen molar-refractivity contribution in [2.24, 2.45) is 11.8 Å². The Labute approximate surface area is 125 Å². The lowest BCUT2D eigenvalue weighted by atomic mass is 9.89. The second-order valence-electron chi connectivity index (χ2n) is 5.58. The van der Waals surface area contributed by atoms with Crippen LogP contribution in [0.4, 0.5) is 11.6 Å². The Bertz CT molecular complexity index is 449. The highest BCUT2D eigenvalue weighted by atomic mass is 35.5. The van der Waals surface area contributed by atoms with E-state index < -0.39 is 0 Å². The monoisotopic (exact) mass is 301 g/mol. The molecule has 3 nitrogen and oxygen atoms in total. The molecular formula is C14H21Cl2N3. The van der Waals surface area contributed by atoms with E-state index in [9.17, 15) is 0 Å². The standard InChI is InChI=1S/C14H21Cl2N3/c1-9(2)10-4-3-6-19(7-5-10)14-12(16)8-11(15)13(17)18-14/h8-10H,3-7H2,1-2H3,(H2,17,18). The fraction of sp³-hybridized carbons (Fsp3) is 0.643. The molecule has 0 saturated carbocycles. The van der Waals surface area contributed by atoms with Crippen molar-refractivity contribution in [2.45, 2.75) is 33.1 Å². The molecule has 1 aromatic rings. The van der Waals surface area contributed by atoms with Crippen LogP contribution in [0.15, 0.2) is 6.07 Å². The molecular weight excluding hydrogens is 281 g/mol. The van der Waals surface area contributed by atoms with Crippen molar-refractivity contribution in [3.05, 3.63) is 16.1 Å². The van der Waals surface area contributed by atoms with Crippen molar-refractivity contribution < 1.29 is 0 Å². The zero-order valence-electron chi connectivity index (χ0n) is 11.5. The van der Waals surface area contributed by atoms with Gasteiger partial charge in [-0.15, -0.1) is 0 Å². The third-order valence-corrected chi connectivity index (χ3v) is 4.53. The third-order valence-electron chi connectivity index (χ3n) is 3.95. The van der Waals surface area contributed by atoms with Crippen LogP contribution >= 0.6 is 23.2 Å². The van der Waals surface area contributed by atoms with Gasteiger partial charge in [0.25, 0.3) is 0 Å². The molecule has 0 bridgehead atoms. The quantitative estimate of drug-likeness (QED) is 0.888. The van der Waals surface area contributed by atoms with Crippen LogP contribution in [0.1, 0.15) is 33.1 Å². The van der Waals surface area contributed by atoms with Gasteiger partial charge in [-0.2, -0.15) is 0 Å². The summed E-state index contributed by atoms with van der Waals surface area (Å²) in [6, 6.07) is 1.69. The Morgan fingerprint density at radius 1 is 1.26 bits per heavy atom. The zero-order chi connectivity index (χ0) is 14.0. The van der Waals surface area contributed by atoms with Gasteiger partial charge >= 0.3 is 0 Å². The van der Waals surface area contributed by atoms with Gasteiger partial charge in [-0.05, 0) is 37.2 Å². The molecule has 1 fully saturated rings. The van der Waals surface area contributed by atoms with Gasteiger partial charge in [0, 0.05) is 13.1 Å². The van der Waals surface area contributed by atoms with E-state index in [1.807, 2.05) is 0 Å². The maximum atomic E-state index is 6.24. The van der Waals surface area contributed by atoms with Gasteiger partial charge in [-0.1, -0.05) is 37.0 Å². The van der Waals surface area contributed by atoms with Gasteiger partial charge in [0.1, 0.15) is 11.6 Å². The number of hydrogen-bond donors (Lipinski definition) is 1. The van der Waals surface area contributed by atoms with Gasteiger partial charge in [0.15, 0.2) is 0 Å². The minimum atomic E-state index is 0.353. The number of rotatable bonds is 2. The van der Waals surface area contributed by atoms with Crippen molar-refractivity contribution in [3.63, 3.8) is 0 Å². The molecule has 0 radical (unpaired) electrons. The van der Waals surface area contributed by atoms with Crippen molar-refractivity contribution in [1.82, 2.24) is 4.98 Å². The van der Waals surface area contributed by atoms with E-state index >= 15 is 0 Å². The van der Waals surface area contributed by atoms with Crippen molar-refractivity contribution in [2.75, 3.05) is 23.7 Å². The first-order chi connectivity index (χ1) is 8.99. The van der Waals surface area contributed by atoms with Gasteiger partial charge in [0.05, 0.1) is 10.0 Å². The highest BCUT2D eigenvalue weighted by molar-refractivity contribution is 6.37. The topological polar surface area (TPSA) is 42.2 Å². The summed E-state index contributed by atoms with van der Waals surface area (Å²) < 4.78 is 0. The van der Waals surface area contributed by atoms with Crippen LogP contribution < -0.4 is 10.6 Å². The summed E-state index contributed by atoms with van der Waals surface area (Å²) in [6.07, 6.45) is 3.62. The van der Waals surface area contributed by atoms with Crippen LogP contribution in [0.5, 0.6) is 0 Å². The minimum Gasteiger partial charge on any atom is -0.382 e. The predicted octanol–water partition coefficient (Wildman–Crippen LogP) is 4.23. The lowest BCUT2D eigenvalue weighted by molar-refractivity contribution is 0.351. The van der Waals surface area contributed by atoms with Crippen LogP contribution in [0.25, 0.3) is 0 Å². The van der Waals surface area contributed by atoms with Crippen molar-refractivity contribution in [3.8, 4) is 0 Å². The van der Waals surface area contributed by atoms with Gasteiger partial charge in [0.2, 0.25) is 0 Å². The Morgan fingerprint density at radius 2 is 2.00 bits per heavy atom. The highest BCUT2D eigenvalue weighted by Crippen LogP contribution is 2.33. The fourth-order valence-corrected chi connectivity index (χ4v) is 3.17. The summed E-state index contributed by atoms with van der Waals surface area (Å²) in [6.45, 7) is 6.56. The molecule has 5 heteroatoms. The van der Waals surface area contributed by atoms with Crippen LogP contribution in [0.2, 0.25) is 10.0 Å². The number of hydrogen-bond acceptors (Lipinski definition) is 3. The third kappa shape index (κ3) is 3.46. The smallest absolute Gasteiger partial charge is 0.149 e. The maximum Gasteiger partial charge on any atom is 0.149 e. The molecule has 0 spiro atoms. The molecule has 1 unspecified atom stereocenters. The Hall–Kier alpha value is -0.670. The molecule has 1 aliphatic heterocycles. The maximum absolute atomic E-state index is 6.24. The lowest BCUT2D eigenvalue weighted by Gasteiger charge is -2.23. The van der Waals surface area contributed by atoms with Gasteiger partial charge in [-0.3, -0.25) is 0 Å². The molecule has 1 saturated heterocycles. The summed E-state index contributed by atoms with van der Waals surface area (Å²) in [5.41, 5.74) is 5.78. The molecule has 2 N–H and O–H groups in total. The number of halogens is 2. The molecule has 0 amide bonds. The number of nitrogen functional groups attached to an aromatic ring is 1. The number of nitrogens with zero attached hydrogens (tertiary/aromatic N) is 2. The summed E-state index contributed by atoms with van der Waals surface area (Å²) in [5.74, 6) is 2.64. The summed E-state index contributed by atoms with van der Waals surface area (Å²) in [5, 5.41) is 1.01. The Balaban J connectivity index is 2.16. The second kappa shape index (κ2) is 6.19. The molecule has 1 aromatic heterocycles. The highest BCUT2D eigenvalue weighted by Gasteiger charge is 2.22. The van der Waals surface area contributed by atoms with Gasteiger partial charge in [-0.25, -0.2) is 4.98 Å². The van der Waals surface area contributed by atoms with E-state index in [0.29, 0.717) is 15.9 Å². The molecule has 0 aromatic carbocycles. The number of nitrogens with two attached hydrogens (primary N) is 1. The molecule has 1 atom stereocenters. The first-order valence-corrected chi connectivity index (χ1v) is 7.61. The van der Waals surface area contributed by atoms with E-state index in [-0.39, 0.29) is 0 Å². The predicted molar refractivity (Wildman–Crippen MR) is 83.1 cm³/mol. The molecule has 19 heavy (non-hydrogen) atoms. The average Bonchev–Trinajstić information content (AvgIpc) is 2.59. The lowest BCUT2D eigenvalue weighted by Crippen LogP contribution is -2.26. The summed E-state index contributed by atoms with van der Waals surface area (Å²) in [4.78, 5) is 6.58. The van der Waals surface area contributed by atoms with Crippen LogP contribution in [-0.4, -0.2) is 18.1 Å². The Kier molecular flexibility index (Phi) is 4.80. The van der Waals surface area contributed by atoms with E-state index in [2.05, 4.69) is 23.7 Å². The SMILES string of the molecule is CC(C)C1CCCN(c2nc(N)c(Cl)cc2Cl)CC1. The Morgan fingerprint density at radius 3 is 2.68 bits per heavy atom. The average molecular weight is 302 g/mol. The minimum absolute atomic E-state index is 0.353. The molecule has 0 aliphatic carbocycles. The molecule has 2 rings (SSSR count). The molecule has 106 valence electrons. The largest absolute Gasteiger partial charge is 0.382 e. The summed E-state index contributed by atoms with van der Waals surface area (Å²) in [7, 11) is 0. The van der Waals surface area contributed by atoms with Crippen molar-refractivity contribution in [1.29, 1.82) is 0 Å². The van der Waals surface area contributed by atoms with Crippen LogP contribution in [0.3, 0.4) is 0 Å². The molecule has 1 aliphatic rings. The molecule has 2 heterocycles. The number of aromatic nitrogens is 1. The van der Waals surface area contributed by atoms with Crippen molar-refractivity contribution >= 4 is 34.8 Å². The van der Waals surface area contributed by atoms with E-state index in [1.165, 1.54) is 19.3 Å². The fourth-order valence-electron chi connectivity index (χ4n) is 2.69. The first kappa shape index (κ1) is 14.7. The van der Waals surface area contributed by atoms with Crippen LogP contribution in [-0.2, 0) is 0 Å².